The monoisotopic (exact) mass is 260 g/mol. The van der Waals surface area contributed by atoms with E-state index in [1.165, 1.54) is 0 Å². The van der Waals surface area contributed by atoms with E-state index in [0.29, 0.717) is 0 Å². The number of hydrogen-bond acceptors (Lipinski definition) is 8. The molecule has 1 saturated heterocycles. The zero-order chi connectivity index (χ0) is 13.4. The third kappa shape index (κ3) is 1.80. The first-order valence-electron chi connectivity index (χ1n) is 5.06. The molecule has 10 nitrogen and oxygen atoms in total. The van der Waals surface area contributed by atoms with Crippen LogP contribution in [0, 0.1) is 10.1 Å². The van der Waals surface area contributed by atoms with E-state index in [4.69, 9.17) is 15.6 Å². The Kier molecular flexibility index (Phi) is 3.17. The maximum absolute atomic E-state index is 10.6. The van der Waals surface area contributed by atoms with Crippen LogP contribution in [0.1, 0.15) is 6.23 Å². The summed E-state index contributed by atoms with van der Waals surface area (Å²) in [6.45, 7) is -0.495. The quantitative estimate of drug-likeness (QED) is 0.358. The van der Waals surface area contributed by atoms with E-state index in [9.17, 15) is 20.3 Å². The fraction of sp³-hybridized carbons (Fsp3) is 0.625. The van der Waals surface area contributed by atoms with E-state index in [-0.39, 0.29) is 5.82 Å². The summed E-state index contributed by atoms with van der Waals surface area (Å²) in [5, 5.41) is 38.8. The molecule has 0 bridgehead atoms. The highest BCUT2D eigenvalue weighted by Crippen LogP contribution is 2.33. The molecule has 1 aromatic heterocycles. The van der Waals surface area contributed by atoms with Crippen LogP contribution in [0.5, 0.6) is 0 Å². The van der Waals surface area contributed by atoms with Gasteiger partial charge in [0, 0.05) is 0 Å². The first-order chi connectivity index (χ1) is 8.47. The average molecular weight is 260 g/mol. The molecular weight excluding hydrogens is 248 g/mol. The summed E-state index contributed by atoms with van der Waals surface area (Å²) in [7, 11) is 0. The summed E-state index contributed by atoms with van der Waals surface area (Å²) in [5.41, 5.74) is 5.50. The van der Waals surface area contributed by atoms with Gasteiger partial charge in [0.05, 0.1) is 6.61 Å². The molecule has 0 saturated carbocycles. The van der Waals surface area contributed by atoms with Gasteiger partial charge in [-0.25, -0.2) is 0 Å². The van der Waals surface area contributed by atoms with Gasteiger partial charge in [-0.1, -0.05) is 0 Å². The van der Waals surface area contributed by atoms with E-state index in [1.54, 1.807) is 0 Å². The van der Waals surface area contributed by atoms with Crippen LogP contribution in [0.4, 0.5) is 11.6 Å². The third-order valence-electron chi connectivity index (χ3n) is 2.78. The van der Waals surface area contributed by atoms with E-state index in [0.717, 1.165) is 10.9 Å². The molecule has 1 aliphatic rings. The molecule has 1 fully saturated rings. The van der Waals surface area contributed by atoms with Crippen molar-refractivity contribution in [3.63, 3.8) is 0 Å². The third-order valence-corrected chi connectivity index (χ3v) is 2.78. The summed E-state index contributed by atoms with van der Waals surface area (Å²) in [5.74, 6) is -0.859. The zero-order valence-corrected chi connectivity index (χ0v) is 9.08. The van der Waals surface area contributed by atoms with Crippen LogP contribution in [0.15, 0.2) is 6.33 Å². The van der Waals surface area contributed by atoms with Gasteiger partial charge in [-0.3, -0.25) is 4.57 Å². The number of aliphatic hydroxyl groups excluding tert-OH is 3. The minimum Gasteiger partial charge on any atom is -0.394 e. The van der Waals surface area contributed by atoms with Gasteiger partial charge in [0.25, 0.3) is 0 Å². The van der Waals surface area contributed by atoms with Gasteiger partial charge < -0.3 is 35.9 Å². The second-order valence-corrected chi connectivity index (χ2v) is 3.85. The molecule has 1 aromatic rings. The Hall–Kier alpha value is -1.75. The van der Waals surface area contributed by atoms with Crippen molar-refractivity contribution in [2.45, 2.75) is 24.5 Å². The first kappa shape index (κ1) is 12.7. The van der Waals surface area contributed by atoms with Gasteiger partial charge >= 0.3 is 5.82 Å². The predicted octanol–water partition coefficient (Wildman–Crippen LogP) is -2.02. The fourth-order valence-electron chi connectivity index (χ4n) is 1.81. The highest BCUT2D eigenvalue weighted by atomic mass is 16.6. The largest absolute Gasteiger partial charge is 0.406 e. The molecule has 2 heterocycles. The van der Waals surface area contributed by atoms with Crippen LogP contribution in [0.25, 0.3) is 0 Å². The lowest BCUT2D eigenvalue weighted by Gasteiger charge is -2.15. The summed E-state index contributed by atoms with van der Waals surface area (Å²) in [6, 6.07) is 0. The SMILES string of the molecule is Nc1c([N+](=O)[O-])ncn1[C@H]1O[C@@H](CO)[C@@H](O)[C@@H]1O. The Bertz CT molecular complexity index is 462. The Balaban J connectivity index is 2.30. The number of nitrogen functional groups attached to an aromatic ring is 1. The number of ether oxygens (including phenoxy) is 1. The van der Waals surface area contributed by atoms with Crippen molar-refractivity contribution >= 4 is 11.6 Å². The predicted molar refractivity (Wildman–Crippen MR) is 56.3 cm³/mol. The van der Waals surface area contributed by atoms with Gasteiger partial charge in [-0.2, -0.15) is 0 Å². The van der Waals surface area contributed by atoms with Crippen LogP contribution in [0.2, 0.25) is 0 Å². The van der Waals surface area contributed by atoms with Gasteiger partial charge in [-0.05, 0) is 9.91 Å². The van der Waals surface area contributed by atoms with Crippen molar-refractivity contribution in [2.24, 2.45) is 0 Å². The topological polar surface area (TPSA) is 157 Å². The van der Waals surface area contributed by atoms with Crippen molar-refractivity contribution in [3.8, 4) is 0 Å². The number of rotatable bonds is 3. The number of anilines is 1. The van der Waals surface area contributed by atoms with Crippen molar-refractivity contribution < 1.29 is 25.0 Å². The second-order valence-electron chi connectivity index (χ2n) is 3.85. The fourth-order valence-corrected chi connectivity index (χ4v) is 1.81. The van der Waals surface area contributed by atoms with Crippen LogP contribution < -0.4 is 5.73 Å². The Morgan fingerprint density at radius 1 is 1.56 bits per heavy atom. The Morgan fingerprint density at radius 2 is 2.22 bits per heavy atom. The summed E-state index contributed by atoms with van der Waals surface area (Å²) in [4.78, 5) is 13.3. The summed E-state index contributed by atoms with van der Waals surface area (Å²) < 4.78 is 6.21. The van der Waals surface area contributed by atoms with Crippen molar-refractivity contribution in [1.29, 1.82) is 0 Å². The zero-order valence-electron chi connectivity index (χ0n) is 9.08. The van der Waals surface area contributed by atoms with E-state index in [2.05, 4.69) is 4.98 Å². The molecule has 0 aromatic carbocycles. The normalized spacial score (nSPS) is 31.7. The van der Waals surface area contributed by atoms with E-state index >= 15 is 0 Å². The van der Waals surface area contributed by atoms with Crippen LogP contribution in [-0.2, 0) is 4.74 Å². The lowest BCUT2D eigenvalue weighted by atomic mass is 10.1. The Morgan fingerprint density at radius 3 is 2.67 bits per heavy atom. The number of nitro groups is 1. The molecule has 0 spiro atoms. The second kappa shape index (κ2) is 4.49. The molecule has 10 heteroatoms. The molecule has 2 rings (SSSR count). The molecule has 1 aliphatic heterocycles. The number of nitrogens with zero attached hydrogens (tertiary/aromatic N) is 3. The summed E-state index contributed by atoms with van der Waals surface area (Å²) in [6.07, 6.45) is -3.74. The molecule has 0 aliphatic carbocycles. The summed E-state index contributed by atoms with van der Waals surface area (Å²) >= 11 is 0. The van der Waals surface area contributed by atoms with E-state index in [1.807, 2.05) is 0 Å². The van der Waals surface area contributed by atoms with E-state index < -0.39 is 41.9 Å². The van der Waals surface area contributed by atoms with Crippen molar-refractivity contribution in [3.05, 3.63) is 16.4 Å². The average Bonchev–Trinajstić information content (AvgIpc) is 2.82. The highest BCUT2D eigenvalue weighted by molar-refractivity contribution is 5.47. The van der Waals surface area contributed by atoms with Crippen LogP contribution in [0.3, 0.4) is 0 Å². The number of aliphatic hydroxyl groups is 3. The number of imidazole rings is 1. The van der Waals surface area contributed by atoms with Gasteiger partial charge in [0.1, 0.15) is 18.3 Å². The van der Waals surface area contributed by atoms with Crippen LogP contribution >= 0.6 is 0 Å². The molecule has 4 atom stereocenters. The first-order valence-corrected chi connectivity index (χ1v) is 5.06. The maximum atomic E-state index is 10.6. The number of aromatic nitrogens is 2. The van der Waals surface area contributed by atoms with Gasteiger partial charge in [0.15, 0.2) is 6.23 Å². The van der Waals surface area contributed by atoms with Crippen molar-refractivity contribution in [2.75, 3.05) is 12.3 Å². The standard InChI is InChI=1S/C8H12N4O6/c9-6-7(12(16)17)10-2-11(6)8-5(15)4(14)3(1-13)18-8/h2-5,8,13-15H,1,9H2/t3-,4+,5-,8-/m0/s1. The minimum atomic E-state index is -1.36. The number of hydrogen-bond donors (Lipinski definition) is 4. The molecular formula is C8H12N4O6. The molecule has 5 N–H and O–H groups in total. The number of nitrogens with two attached hydrogens (primary N) is 1. The lowest BCUT2D eigenvalue weighted by molar-refractivity contribution is -0.388. The minimum absolute atomic E-state index is 0.296. The smallest absolute Gasteiger partial charge is 0.394 e. The highest BCUT2D eigenvalue weighted by Gasteiger charge is 2.45. The maximum Gasteiger partial charge on any atom is 0.406 e. The lowest BCUT2D eigenvalue weighted by Crippen LogP contribution is -2.33. The molecule has 18 heavy (non-hydrogen) atoms. The molecule has 0 unspecified atom stereocenters. The molecule has 0 amide bonds. The van der Waals surface area contributed by atoms with Crippen molar-refractivity contribution in [1.82, 2.24) is 9.55 Å². The molecule has 0 radical (unpaired) electrons. The van der Waals surface area contributed by atoms with Crippen LogP contribution in [-0.4, -0.2) is 54.7 Å². The van der Waals surface area contributed by atoms with Gasteiger partial charge in [0.2, 0.25) is 12.1 Å². The Labute approximate surface area is 100 Å². The molecule has 100 valence electrons. The van der Waals surface area contributed by atoms with Gasteiger partial charge in [-0.15, -0.1) is 0 Å².